The maximum absolute atomic E-state index is 5.62. The first-order chi connectivity index (χ1) is 8.31. The molecular weight excluding hydrogens is 210 g/mol. The lowest BCUT2D eigenvalue weighted by molar-refractivity contribution is 0.339. The Morgan fingerprint density at radius 1 is 1.24 bits per heavy atom. The Kier molecular flexibility index (Phi) is 6.41. The van der Waals surface area contributed by atoms with Crippen LogP contribution in [0.15, 0.2) is 29.8 Å². The van der Waals surface area contributed by atoms with Crippen molar-refractivity contribution in [1.82, 2.24) is 5.32 Å². The molecule has 0 spiro atoms. The molecule has 17 heavy (non-hydrogen) atoms. The average molecular weight is 233 g/mol. The normalized spacial score (nSPS) is 11.6. The predicted octanol–water partition coefficient (Wildman–Crippen LogP) is 3.49. The van der Waals surface area contributed by atoms with Gasteiger partial charge in [0, 0.05) is 12.1 Å². The van der Waals surface area contributed by atoms with E-state index in [9.17, 15) is 0 Å². The quantitative estimate of drug-likeness (QED) is 0.778. The van der Waals surface area contributed by atoms with E-state index in [1.54, 1.807) is 0 Å². The molecule has 0 radical (unpaired) electrons. The fraction of sp³-hybridized carbons (Fsp3) is 0.467. The van der Waals surface area contributed by atoms with Crippen LogP contribution in [0.3, 0.4) is 0 Å². The minimum absolute atomic E-state index is 0.708. The molecule has 0 bridgehead atoms. The fourth-order valence-corrected chi connectivity index (χ4v) is 1.67. The lowest BCUT2D eigenvalue weighted by Gasteiger charge is -2.09. The van der Waals surface area contributed by atoms with Crippen LogP contribution >= 0.6 is 0 Å². The number of hydrogen-bond donors (Lipinski definition) is 1. The highest BCUT2D eigenvalue weighted by Gasteiger charge is 2.01. The summed E-state index contributed by atoms with van der Waals surface area (Å²) >= 11 is 0. The van der Waals surface area contributed by atoms with Crippen molar-refractivity contribution < 1.29 is 4.74 Å². The molecule has 0 atom stereocenters. The third kappa shape index (κ3) is 4.61. The first kappa shape index (κ1) is 13.8. The summed E-state index contributed by atoms with van der Waals surface area (Å²) in [5.74, 6) is 0.970. The van der Waals surface area contributed by atoms with E-state index in [-0.39, 0.29) is 0 Å². The van der Waals surface area contributed by atoms with Crippen molar-refractivity contribution in [1.29, 1.82) is 0 Å². The zero-order valence-electron chi connectivity index (χ0n) is 11.1. The van der Waals surface area contributed by atoms with E-state index in [1.807, 2.05) is 19.1 Å². The Morgan fingerprint density at radius 3 is 2.65 bits per heavy atom. The van der Waals surface area contributed by atoms with Gasteiger partial charge in [0.1, 0.15) is 5.75 Å². The van der Waals surface area contributed by atoms with Gasteiger partial charge < -0.3 is 10.1 Å². The molecule has 0 aliphatic carbocycles. The van der Waals surface area contributed by atoms with Gasteiger partial charge in [0.05, 0.1) is 6.61 Å². The highest BCUT2D eigenvalue weighted by Crippen LogP contribution is 2.21. The summed E-state index contributed by atoms with van der Waals surface area (Å²) < 4.78 is 5.62. The molecular formula is C15H23NO. The van der Waals surface area contributed by atoms with Gasteiger partial charge in [-0.1, -0.05) is 43.7 Å². The number of rotatable bonds is 7. The lowest BCUT2D eigenvalue weighted by atomic mass is 10.1. The molecule has 0 amide bonds. The smallest absolute Gasteiger partial charge is 0.126 e. The van der Waals surface area contributed by atoms with Crippen LogP contribution in [0.1, 0.15) is 32.8 Å². The zero-order valence-corrected chi connectivity index (χ0v) is 11.1. The largest absolute Gasteiger partial charge is 0.493 e. The van der Waals surface area contributed by atoms with Gasteiger partial charge in [-0.15, -0.1) is 0 Å². The van der Waals surface area contributed by atoms with Crippen molar-refractivity contribution in [2.45, 2.75) is 27.2 Å². The minimum atomic E-state index is 0.708. The van der Waals surface area contributed by atoms with E-state index in [0.29, 0.717) is 6.61 Å². The second-order valence-electron chi connectivity index (χ2n) is 3.91. The van der Waals surface area contributed by atoms with Gasteiger partial charge in [0.15, 0.2) is 0 Å². The lowest BCUT2D eigenvalue weighted by Crippen LogP contribution is -2.15. The third-order valence-electron chi connectivity index (χ3n) is 2.63. The molecule has 1 aromatic rings. The molecule has 0 saturated heterocycles. The topological polar surface area (TPSA) is 21.3 Å². The summed E-state index contributed by atoms with van der Waals surface area (Å²) in [5.41, 5.74) is 2.57. The number of benzene rings is 1. The highest BCUT2D eigenvalue weighted by molar-refractivity contribution is 5.60. The van der Waals surface area contributed by atoms with Crippen molar-refractivity contribution in [2.24, 2.45) is 0 Å². The Morgan fingerprint density at radius 2 is 2.00 bits per heavy atom. The molecule has 2 nitrogen and oxygen atoms in total. The van der Waals surface area contributed by atoms with Crippen molar-refractivity contribution >= 4 is 6.08 Å². The molecule has 0 aliphatic rings. The summed E-state index contributed by atoms with van der Waals surface area (Å²) in [7, 11) is 0. The highest BCUT2D eigenvalue weighted by atomic mass is 16.5. The number of ether oxygens (including phenoxy) is 1. The Balaban J connectivity index is 2.85. The van der Waals surface area contributed by atoms with Crippen LogP contribution in [0.25, 0.3) is 6.08 Å². The van der Waals surface area contributed by atoms with Crippen LogP contribution in [0, 0.1) is 0 Å². The molecule has 0 fully saturated rings. The van der Waals surface area contributed by atoms with Crippen LogP contribution in [0.4, 0.5) is 0 Å². The molecule has 0 aromatic heterocycles. The minimum Gasteiger partial charge on any atom is -0.493 e. The summed E-state index contributed by atoms with van der Waals surface area (Å²) in [6, 6.07) is 8.19. The molecule has 94 valence electrons. The monoisotopic (exact) mass is 233 g/mol. The molecule has 1 N–H and O–H groups in total. The van der Waals surface area contributed by atoms with Crippen LogP contribution in [-0.4, -0.2) is 19.7 Å². The first-order valence-electron chi connectivity index (χ1n) is 6.43. The van der Waals surface area contributed by atoms with E-state index in [0.717, 1.165) is 25.3 Å². The maximum atomic E-state index is 5.62. The van der Waals surface area contributed by atoms with Crippen LogP contribution in [-0.2, 0) is 0 Å². The second-order valence-corrected chi connectivity index (χ2v) is 3.91. The van der Waals surface area contributed by atoms with Gasteiger partial charge in [-0.05, 0) is 26.0 Å². The Bertz CT molecular complexity index is 358. The Labute approximate surface area is 105 Å². The molecule has 1 aromatic carbocycles. The number of nitrogens with one attached hydrogen (secondary N) is 1. The second kappa shape index (κ2) is 7.91. The van der Waals surface area contributed by atoms with E-state index in [2.05, 4.69) is 37.4 Å². The molecule has 0 unspecified atom stereocenters. The zero-order chi connectivity index (χ0) is 12.5. The van der Waals surface area contributed by atoms with E-state index >= 15 is 0 Å². The van der Waals surface area contributed by atoms with Gasteiger partial charge in [0.25, 0.3) is 0 Å². The number of hydrogen-bond acceptors (Lipinski definition) is 2. The van der Waals surface area contributed by atoms with E-state index in [1.165, 1.54) is 11.1 Å². The summed E-state index contributed by atoms with van der Waals surface area (Å²) in [6.07, 6.45) is 3.29. The molecule has 2 heteroatoms. The van der Waals surface area contributed by atoms with E-state index < -0.39 is 0 Å². The SMILES string of the molecule is CCNCC(=Cc1ccccc1OCC)CC. The number of para-hydroxylation sites is 1. The molecule has 0 heterocycles. The van der Waals surface area contributed by atoms with E-state index in [4.69, 9.17) is 4.74 Å². The van der Waals surface area contributed by atoms with Gasteiger partial charge >= 0.3 is 0 Å². The average Bonchev–Trinajstić information content (AvgIpc) is 2.36. The van der Waals surface area contributed by atoms with Gasteiger partial charge in [-0.3, -0.25) is 0 Å². The molecule has 1 rings (SSSR count). The third-order valence-corrected chi connectivity index (χ3v) is 2.63. The first-order valence-corrected chi connectivity index (χ1v) is 6.43. The molecule has 0 aliphatic heterocycles. The van der Waals surface area contributed by atoms with Gasteiger partial charge in [-0.2, -0.15) is 0 Å². The standard InChI is InChI=1S/C15H23NO/c1-4-13(12-16-5-2)11-14-9-7-8-10-15(14)17-6-3/h7-11,16H,4-6,12H2,1-3H3. The van der Waals surface area contributed by atoms with Crippen LogP contribution in [0.5, 0.6) is 5.75 Å². The summed E-state index contributed by atoms with van der Waals surface area (Å²) in [4.78, 5) is 0. The number of likely N-dealkylation sites (N-methyl/N-ethyl adjacent to an activating group) is 1. The van der Waals surface area contributed by atoms with Gasteiger partial charge in [-0.25, -0.2) is 0 Å². The predicted molar refractivity (Wildman–Crippen MR) is 74.4 cm³/mol. The van der Waals surface area contributed by atoms with Crippen molar-refractivity contribution in [3.8, 4) is 5.75 Å². The maximum Gasteiger partial charge on any atom is 0.126 e. The van der Waals surface area contributed by atoms with Crippen LogP contribution in [0.2, 0.25) is 0 Å². The Hall–Kier alpha value is -1.28. The van der Waals surface area contributed by atoms with Crippen molar-refractivity contribution in [2.75, 3.05) is 19.7 Å². The summed E-state index contributed by atoms with van der Waals surface area (Å²) in [5, 5.41) is 3.36. The van der Waals surface area contributed by atoms with Crippen molar-refractivity contribution in [3.05, 3.63) is 35.4 Å². The van der Waals surface area contributed by atoms with Crippen LogP contribution < -0.4 is 10.1 Å². The van der Waals surface area contributed by atoms with Crippen molar-refractivity contribution in [3.63, 3.8) is 0 Å². The molecule has 0 saturated carbocycles. The van der Waals surface area contributed by atoms with Gasteiger partial charge in [0.2, 0.25) is 0 Å². The fourth-order valence-electron chi connectivity index (χ4n) is 1.67. The summed E-state index contributed by atoms with van der Waals surface area (Å²) in [6.45, 7) is 8.99.